The quantitative estimate of drug-likeness (QED) is 0.454. The first-order valence-corrected chi connectivity index (χ1v) is 11.7. The summed E-state index contributed by atoms with van der Waals surface area (Å²) in [6, 6.07) is 12.1. The Hall–Kier alpha value is -2.93. The number of amidine groups is 1. The summed E-state index contributed by atoms with van der Waals surface area (Å²) in [5.41, 5.74) is 0.970. The van der Waals surface area contributed by atoms with Crippen molar-refractivity contribution in [1.82, 2.24) is 15.0 Å². The van der Waals surface area contributed by atoms with Crippen molar-refractivity contribution in [3.63, 3.8) is 0 Å². The van der Waals surface area contributed by atoms with Crippen molar-refractivity contribution < 1.29 is 22.4 Å². The van der Waals surface area contributed by atoms with Gasteiger partial charge < -0.3 is 14.5 Å². The zero-order valence-electron chi connectivity index (χ0n) is 16.2. The number of rotatable bonds is 6. The maximum atomic E-state index is 12.8. The SMILES string of the molecule is COc1ccccc1C(CNC(=O)C1=Nc2ccc(I)cc2S(=O)(=O)N1)c1ncco1. The smallest absolute Gasteiger partial charge is 0.287 e. The van der Waals surface area contributed by atoms with E-state index in [9.17, 15) is 13.2 Å². The number of nitrogens with zero attached hydrogens (tertiary/aromatic N) is 2. The number of benzene rings is 2. The van der Waals surface area contributed by atoms with E-state index in [0.717, 1.165) is 9.13 Å². The van der Waals surface area contributed by atoms with Crippen LogP contribution in [0.2, 0.25) is 0 Å². The fourth-order valence-corrected chi connectivity index (χ4v) is 5.06. The van der Waals surface area contributed by atoms with E-state index in [2.05, 4.69) is 20.0 Å². The maximum absolute atomic E-state index is 12.8. The Kier molecular flexibility index (Phi) is 5.96. The second-order valence-electron chi connectivity index (χ2n) is 6.55. The van der Waals surface area contributed by atoms with Crippen molar-refractivity contribution in [2.24, 2.45) is 4.99 Å². The highest BCUT2D eigenvalue weighted by Gasteiger charge is 2.30. The average molecular weight is 552 g/mol. The van der Waals surface area contributed by atoms with Gasteiger partial charge in [0.2, 0.25) is 11.7 Å². The van der Waals surface area contributed by atoms with Crippen LogP contribution in [0.4, 0.5) is 5.69 Å². The molecule has 2 aromatic carbocycles. The third-order valence-electron chi connectivity index (χ3n) is 4.62. The number of hydrogen-bond acceptors (Lipinski definition) is 7. The van der Waals surface area contributed by atoms with Gasteiger partial charge in [-0.1, -0.05) is 18.2 Å². The number of nitrogens with one attached hydrogen (secondary N) is 2. The molecule has 2 N–H and O–H groups in total. The van der Waals surface area contributed by atoms with Crippen molar-refractivity contribution in [3.05, 3.63) is 69.9 Å². The van der Waals surface area contributed by atoms with Gasteiger partial charge in [0.15, 0.2) is 0 Å². The molecule has 2 heterocycles. The lowest BCUT2D eigenvalue weighted by Gasteiger charge is -2.20. The summed E-state index contributed by atoms with van der Waals surface area (Å²) in [7, 11) is -2.35. The first-order chi connectivity index (χ1) is 14.9. The van der Waals surface area contributed by atoms with Crippen LogP contribution >= 0.6 is 22.6 Å². The van der Waals surface area contributed by atoms with E-state index in [0.29, 0.717) is 11.6 Å². The molecule has 0 saturated heterocycles. The van der Waals surface area contributed by atoms with E-state index in [1.807, 2.05) is 40.8 Å². The molecule has 0 bridgehead atoms. The molecule has 0 radical (unpaired) electrons. The third-order valence-corrected chi connectivity index (χ3v) is 6.66. The van der Waals surface area contributed by atoms with Crippen LogP contribution in [0.5, 0.6) is 5.75 Å². The number of fused-ring (bicyclic) bond motifs is 1. The van der Waals surface area contributed by atoms with Crippen molar-refractivity contribution in [1.29, 1.82) is 0 Å². The second-order valence-corrected chi connectivity index (χ2v) is 9.45. The van der Waals surface area contributed by atoms with Gasteiger partial charge in [0.25, 0.3) is 15.9 Å². The monoisotopic (exact) mass is 552 g/mol. The zero-order valence-corrected chi connectivity index (χ0v) is 19.2. The van der Waals surface area contributed by atoms with E-state index in [4.69, 9.17) is 9.15 Å². The minimum Gasteiger partial charge on any atom is -0.496 e. The summed E-state index contributed by atoms with van der Waals surface area (Å²) in [6.45, 7) is 0.0833. The molecular formula is C20H17IN4O5S. The highest BCUT2D eigenvalue weighted by molar-refractivity contribution is 14.1. The summed E-state index contributed by atoms with van der Waals surface area (Å²) >= 11 is 2.01. The predicted molar refractivity (Wildman–Crippen MR) is 121 cm³/mol. The predicted octanol–water partition coefficient (Wildman–Crippen LogP) is 2.56. The van der Waals surface area contributed by atoms with Gasteiger partial charge in [-0.25, -0.2) is 18.4 Å². The summed E-state index contributed by atoms with van der Waals surface area (Å²) in [6.07, 6.45) is 2.95. The standard InChI is InChI=1S/C20H17IN4O5S/c1-29-16-5-3-2-4-13(16)14(20-22-8-9-30-20)11-23-19(26)18-24-15-7-6-12(21)10-17(15)31(27,28)25-18/h2-10,14H,11H2,1H3,(H,23,26)(H,24,25). The number of sulfonamides is 1. The molecular weight excluding hydrogens is 535 g/mol. The highest BCUT2D eigenvalue weighted by atomic mass is 127. The summed E-state index contributed by atoms with van der Waals surface area (Å²) < 4.78 is 39.0. The summed E-state index contributed by atoms with van der Waals surface area (Å²) in [4.78, 5) is 21.2. The van der Waals surface area contributed by atoms with Gasteiger partial charge in [0.1, 0.15) is 16.9 Å². The summed E-state index contributed by atoms with van der Waals surface area (Å²) in [5.74, 6) is -0.432. The fraction of sp³-hybridized carbons (Fsp3) is 0.150. The molecule has 0 spiro atoms. The molecule has 31 heavy (non-hydrogen) atoms. The lowest BCUT2D eigenvalue weighted by Crippen LogP contribution is -2.45. The molecule has 1 aliphatic rings. The van der Waals surface area contributed by atoms with Crippen LogP contribution in [-0.2, 0) is 14.8 Å². The van der Waals surface area contributed by atoms with Gasteiger partial charge in [0.05, 0.1) is 24.9 Å². The van der Waals surface area contributed by atoms with Crippen LogP contribution in [0.15, 0.2) is 69.2 Å². The first-order valence-electron chi connectivity index (χ1n) is 9.10. The van der Waals surface area contributed by atoms with Gasteiger partial charge >= 0.3 is 0 Å². The van der Waals surface area contributed by atoms with E-state index in [1.165, 1.54) is 18.5 Å². The van der Waals surface area contributed by atoms with E-state index in [1.54, 1.807) is 25.3 Å². The number of aromatic nitrogens is 1. The van der Waals surface area contributed by atoms with Crippen LogP contribution < -0.4 is 14.8 Å². The third kappa shape index (κ3) is 4.42. The Labute approximate surface area is 192 Å². The second kappa shape index (κ2) is 8.67. The van der Waals surface area contributed by atoms with Gasteiger partial charge in [-0.15, -0.1) is 0 Å². The Morgan fingerprint density at radius 1 is 1.29 bits per heavy atom. The van der Waals surface area contributed by atoms with E-state index in [-0.39, 0.29) is 23.0 Å². The number of para-hydroxylation sites is 1. The van der Waals surface area contributed by atoms with Crippen LogP contribution in [-0.4, -0.2) is 38.8 Å². The van der Waals surface area contributed by atoms with E-state index >= 15 is 0 Å². The molecule has 0 aliphatic carbocycles. The zero-order chi connectivity index (χ0) is 22.0. The lowest BCUT2D eigenvalue weighted by molar-refractivity contribution is -0.115. The molecule has 11 heteroatoms. The molecule has 160 valence electrons. The molecule has 0 fully saturated rings. The molecule has 9 nitrogen and oxygen atoms in total. The fourth-order valence-electron chi connectivity index (χ4n) is 3.19. The van der Waals surface area contributed by atoms with Crippen molar-refractivity contribution in [3.8, 4) is 5.75 Å². The summed E-state index contributed by atoms with van der Waals surface area (Å²) in [5, 5.41) is 2.72. The Bertz CT molecular complexity index is 1260. The topological polar surface area (TPSA) is 123 Å². The minimum absolute atomic E-state index is 0.0302. The average Bonchev–Trinajstić information content (AvgIpc) is 3.28. The highest BCUT2D eigenvalue weighted by Crippen LogP contribution is 2.31. The molecule has 1 aliphatic heterocycles. The van der Waals surface area contributed by atoms with Gasteiger partial charge in [-0.05, 0) is 46.9 Å². The van der Waals surface area contributed by atoms with Gasteiger partial charge in [-0.3, -0.25) is 9.52 Å². The number of aliphatic imine (C=N–C) groups is 1. The van der Waals surface area contributed by atoms with Crippen LogP contribution in [0, 0.1) is 3.57 Å². The largest absolute Gasteiger partial charge is 0.496 e. The number of methoxy groups -OCH3 is 1. The van der Waals surface area contributed by atoms with E-state index < -0.39 is 21.8 Å². The lowest BCUT2D eigenvalue weighted by atomic mass is 9.97. The minimum atomic E-state index is -3.90. The first kappa shape index (κ1) is 21.3. The molecule has 1 atom stereocenters. The van der Waals surface area contributed by atoms with Crippen molar-refractivity contribution in [2.45, 2.75) is 10.8 Å². The number of carbonyl (C=O) groups excluding carboxylic acids is 1. The number of halogens is 1. The van der Waals surface area contributed by atoms with Gasteiger partial charge in [0, 0.05) is 15.7 Å². The van der Waals surface area contributed by atoms with Crippen LogP contribution in [0.1, 0.15) is 17.4 Å². The maximum Gasteiger partial charge on any atom is 0.287 e. The Balaban J connectivity index is 1.60. The van der Waals surface area contributed by atoms with Crippen LogP contribution in [0.3, 0.4) is 0 Å². The Morgan fingerprint density at radius 2 is 2.10 bits per heavy atom. The normalized spacial score (nSPS) is 15.2. The number of ether oxygens (including phenoxy) is 1. The number of carbonyl (C=O) groups is 1. The Morgan fingerprint density at radius 3 is 2.84 bits per heavy atom. The molecule has 1 unspecified atom stereocenters. The molecule has 1 aromatic heterocycles. The van der Waals surface area contributed by atoms with Crippen molar-refractivity contribution in [2.75, 3.05) is 13.7 Å². The molecule has 4 rings (SSSR count). The number of oxazole rings is 1. The molecule has 3 aromatic rings. The van der Waals surface area contributed by atoms with Crippen LogP contribution in [0.25, 0.3) is 0 Å². The van der Waals surface area contributed by atoms with Gasteiger partial charge in [-0.2, -0.15) is 0 Å². The number of hydrogen-bond donors (Lipinski definition) is 2. The number of amides is 1. The molecule has 1 amide bonds. The molecule has 0 saturated carbocycles. The van der Waals surface area contributed by atoms with Crippen molar-refractivity contribution >= 4 is 50.0 Å².